The quantitative estimate of drug-likeness (QED) is 0.846. The lowest BCUT2D eigenvalue weighted by atomic mass is 10.2. The van der Waals surface area contributed by atoms with Gasteiger partial charge < -0.3 is 10.4 Å². The number of hydrogen-bond donors (Lipinski definition) is 2. The lowest BCUT2D eigenvalue weighted by Crippen LogP contribution is -1.93. The van der Waals surface area contributed by atoms with Gasteiger partial charge in [0.25, 0.3) is 0 Å². The van der Waals surface area contributed by atoms with E-state index in [1.54, 1.807) is 0 Å². The van der Waals surface area contributed by atoms with E-state index in [4.69, 9.17) is 28.3 Å². The van der Waals surface area contributed by atoms with Crippen molar-refractivity contribution in [1.82, 2.24) is 0 Å². The fourth-order valence-corrected chi connectivity index (χ4v) is 2.37. The zero-order chi connectivity index (χ0) is 12.4. The van der Waals surface area contributed by atoms with Crippen LogP contribution < -0.4 is 5.32 Å². The predicted octanol–water partition coefficient (Wildman–Crippen LogP) is 3.73. The van der Waals surface area contributed by atoms with Gasteiger partial charge in [0, 0.05) is 12.3 Å². The third-order valence-electron chi connectivity index (χ3n) is 1.90. The molecular weight excluding hydrogens is 285 g/mol. The van der Waals surface area contributed by atoms with E-state index in [0.717, 1.165) is 17.4 Å². The first-order valence-electron chi connectivity index (χ1n) is 4.36. The van der Waals surface area contributed by atoms with E-state index >= 15 is 0 Å². The van der Waals surface area contributed by atoms with Gasteiger partial charge in [-0.15, -0.1) is 0 Å². The summed E-state index contributed by atoms with van der Waals surface area (Å²) in [6, 6.07) is 1.53. The number of anilines is 1. The Morgan fingerprint density at radius 3 is 2.76 bits per heavy atom. The van der Waals surface area contributed by atoms with Crippen LogP contribution in [0.15, 0.2) is 27.1 Å². The number of carboxylic acid groups (broad SMARTS) is 1. The van der Waals surface area contributed by atoms with E-state index in [0.29, 0.717) is 27.1 Å². The molecule has 17 heavy (non-hydrogen) atoms. The number of halogens is 2. The Labute approximate surface area is 110 Å². The minimum Gasteiger partial charge on any atom is -0.478 e. The largest absolute Gasteiger partial charge is 0.478 e. The maximum Gasteiger partial charge on any atom is 0.329 e. The Kier molecular flexibility index (Phi) is 3.46. The van der Waals surface area contributed by atoms with Gasteiger partial charge in [0.05, 0.1) is 27.1 Å². The number of carbonyl (C=O) groups is 1. The highest BCUT2D eigenvalue weighted by molar-refractivity contribution is 7.58. The maximum atomic E-state index is 10.3. The summed E-state index contributed by atoms with van der Waals surface area (Å²) >= 11 is 12.9. The molecule has 0 fully saturated rings. The summed E-state index contributed by atoms with van der Waals surface area (Å²) in [6.45, 7) is 0. The molecule has 5 nitrogen and oxygen atoms in total. The first-order valence-corrected chi connectivity index (χ1v) is 5.84. The van der Waals surface area contributed by atoms with Crippen LogP contribution in [0.5, 0.6) is 0 Å². The van der Waals surface area contributed by atoms with E-state index in [1.165, 1.54) is 12.3 Å². The average Bonchev–Trinajstić information content (AvgIpc) is 2.71. The number of nitrogens with zero attached hydrogens (tertiary/aromatic N) is 2. The van der Waals surface area contributed by atoms with Crippen molar-refractivity contribution in [3.05, 3.63) is 28.4 Å². The fourth-order valence-electron chi connectivity index (χ4n) is 1.21. The molecule has 88 valence electrons. The molecule has 0 spiro atoms. The summed E-state index contributed by atoms with van der Waals surface area (Å²) in [7, 11) is 0. The smallest absolute Gasteiger partial charge is 0.329 e. The normalized spacial score (nSPS) is 12.6. The van der Waals surface area contributed by atoms with Crippen molar-refractivity contribution in [2.45, 2.75) is 0 Å². The van der Waals surface area contributed by atoms with Crippen molar-refractivity contribution in [2.75, 3.05) is 5.32 Å². The molecule has 0 radical (unpaired) electrons. The van der Waals surface area contributed by atoms with Gasteiger partial charge in [-0.2, -0.15) is 8.73 Å². The molecule has 0 atom stereocenters. The molecule has 0 unspecified atom stereocenters. The Bertz CT molecular complexity index is 594. The van der Waals surface area contributed by atoms with Gasteiger partial charge in [-0.1, -0.05) is 23.2 Å². The molecule has 0 aromatic heterocycles. The minimum atomic E-state index is -1.06. The zero-order valence-corrected chi connectivity index (χ0v) is 10.5. The van der Waals surface area contributed by atoms with E-state index < -0.39 is 5.97 Å². The summed E-state index contributed by atoms with van der Waals surface area (Å²) in [6.07, 6.45) is 2.22. The topological polar surface area (TPSA) is 74.0 Å². The van der Waals surface area contributed by atoms with E-state index in [1.807, 2.05) is 0 Å². The van der Waals surface area contributed by atoms with Crippen molar-refractivity contribution in [1.29, 1.82) is 0 Å². The molecule has 1 aliphatic heterocycles. The second-order valence-electron chi connectivity index (χ2n) is 2.99. The third kappa shape index (κ3) is 2.49. The number of benzene rings is 1. The molecule has 0 aliphatic carbocycles. The van der Waals surface area contributed by atoms with Crippen molar-refractivity contribution >= 4 is 57.6 Å². The van der Waals surface area contributed by atoms with Crippen molar-refractivity contribution in [3.63, 3.8) is 0 Å². The van der Waals surface area contributed by atoms with E-state index in [-0.39, 0.29) is 0 Å². The number of hydrogen-bond acceptors (Lipinski definition) is 4. The van der Waals surface area contributed by atoms with Crippen LogP contribution in [0, 0.1) is 0 Å². The fraction of sp³-hybridized carbons (Fsp3) is 0. The van der Waals surface area contributed by atoms with E-state index in [2.05, 4.69) is 14.0 Å². The summed E-state index contributed by atoms with van der Waals surface area (Å²) in [5.41, 5.74) is 1.53. The van der Waals surface area contributed by atoms with Crippen LogP contribution >= 0.6 is 23.2 Å². The van der Waals surface area contributed by atoms with Gasteiger partial charge >= 0.3 is 5.97 Å². The number of aliphatic carboxylic acids is 1. The second-order valence-corrected chi connectivity index (χ2v) is 4.34. The van der Waals surface area contributed by atoms with Crippen LogP contribution in [0.2, 0.25) is 10.0 Å². The van der Waals surface area contributed by atoms with Crippen molar-refractivity contribution < 1.29 is 9.90 Å². The highest BCUT2D eigenvalue weighted by Gasteiger charge is 2.17. The van der Waals surface area contributed by atoms with Crippen LogP contribution in [0.3, 0.4) is 0 Å². The lowest BCUT2D eigenvalue weighted by molar-refractivity contribution is -0.131. The molecule has 0 saturated heterocycles. The molecule has 1 aromatic carbocycles. The maximum absolute atomic E-state index is 10.3. The molecule has 2 rings (SSSR count). The van der Waals surface area contributed by atoms with Crippen molar-refractivity contribution in [2.24, 2.45) is 8.73 Å². The summed E-state index contributed by atoms with van der Waals surface area (Å²) in [5, 5.41) is 12.0. The van der Waals surface area contributed by atoms with Gasteiger partial charge in [0.15, 0.2) is 0 Å². The first-order chi connectivity index (χ1) is 8.09. The molecule has 1 aliphatic rings. The zero-order valence-electron chi connectivity index (χ0n) is 8.15. The molecule has 0 saturated carbocycles. The van der Waals surface area contributed by atoms with E-state index in [9.17, 15) is 4.79 Å². The summed E-state index contributed by atoms with van der Waals surface area (Å²) in [4.78, 5) is 10.3. The van der Waals surface area contributed by atoms with Crippen LogP contribution in [0.4, 0.5) is 17.1 Å². The standard InChI is InChI=1S/C9H5Cl2N3O2S/c10-4-3-5(11)8-9(14-17-13-8)7(4)12-2-1-6(15)16/h1-3,12H,(H,15,16)/b2-1+. The van der Waals surface area contributed by atoms with Crippen LogP contribution in [-0.2, 0) is 16.1 Å². The third-order valence-corrected chi connectivity index (χ3v) is 3.01. The van der Waals surface area contributed by atoms with Crippen LogP contribution in [0.25, 0.3) is 0 Å². The lowest BCUT2D eigenvalue weighted by Gasteiger charge is -2.08. The molecule has 2 N–H and O–H groups in total. The van der Waals surface area contributed by atoms with Crippen molar-refractivity contribution in [3.8, 4) is 0 Å². The molecular formula is C9H5Cl2N3O2S. The predicted molar refractivity (Wildman–Crippen MR) is 68.4 cm³/mol. The molecule has 0 bridgehead atoms. The highest BCUT2D eigenvalue weighted by Crippen LogP contribution is 2.47. The van der Waals surface area contributed by atoms with Gasteiger partial charge in [0.2, 0.25) is 0 Å². The van der Waals surface area contributed by atoms with Gasteiger partial charge in [-0.25, -0.2) is 4.79 Å². The van der Waals surface area contributed by atoms with Crippen LogP contribution in [-0.4, -0.2) is 11.1 Å². The number of nitrogens with one attached hydrogen (secondary N) is 1. The van der Waals surface area contributed by atoms with Gasteiger partial charge in [0.1, 0.15) is 11.4 Å². The first kappa shape index (κ1) is 12.1. The Morgan fingerprint density at radius 1 is 1.35 bits per heavy atom. The minimum absolute atomic E-state index is 0.352. The van der Waals surface area contributed by atoms with Crippen LogP contribution in [0.1, 0.15) is 0 Å². The Morgan fingerprint density at radius 2 is 2.06 bits per heavy atom. The Balaban J connectivity index is 2.39. The number of rotatable bonds is 3. The monoisotopic (exact) mass is 289 g/mol. The second kappa shape index (κ2) is 4.87. The van der Waals surface area contributed by atoms with Gasteiger partial charge in [-0.3, -0.25) is 0 Å². The molecule has 8 heteroatoms. The Hall–Kier alpha value is -1.37. The molecule has 0 amide bonds. The molecule has 1 heterocycles. The highest BCUT2D eigenvalue weighted by atomic mass is 35.5. The number of carboxylic acids is 1. The summed E-state index contributed by atoms with van der Waals surface area (Å²) < 4.78 is 8.08. The number of fused-ring (bicyclic) bond motifs is 1. The average molecular weight is 290 g/mol. The molecule has 1 aromatic rings. The summed E-state index contributed by atoms with van der Waals surface area (Å²) in [5.74, 6) is -1.06. The SMILES string of the molecule is O=C(O)/C=C/Nc1c(Cl)cc(Cl)c2c1N=S=N2. The van der Waals surface area contributed by atoms with Gasteiger partial charge in [-0.05, 0) is 6.07 Å².